The molecule has 4 amide bonds. The number of hydrogen-bond acceptors (Lipinski definition) is 6. The van der Waals surface area contributed by atoms with Crippen LogP contribution in [0.5, 0.6) is 0 Å². The van der Waals surface area contributed by atoms with Gasteiger partial charge in [0.25, 0.3) is 5.91 Å². The number of aromatic nitrogens is 1. The van der Waals surface area contributed by atoms with Crippen molar-refractivity contribution in [1.29, 1.82) is 0 Å². The first-order valence-corrected chi connectivity index (χ1v) is 17.8. The Morgan fingerprint density at radius 2 is 1.66 bits per heavy atom. The van der Waals surface area contributed by atoms with E-state index in [0.717, 1.165) is 28.6 Å². The molecule has 1 aliphatic rings. The van der Waals surface area contributed by atoms with Gasteiger partial charge in [-0.15, -0.1) is 0 Å². The van der Waals surface area contributed by atoms with Crippen molar-refractivity contribution in [3.8, 4) is 0 Å². The summed E-state index contributed by atoms with van der Waals surface area (Å²) in [5, 5.41) is 9.79. The van der Waals surface area contributed by atoms with Gasteiger partial charge >= 0.3 is 0 Å². The Balaban J connectivity index is 1.35. The number of fused-ring (bicyclic) bond motifs is 1. The van der Waals surface area contributed by atoms with Crippen LogP contribution < -0.4 is 16.0 Å². The minimum atomic E-state index is -1.29. The van der Waals surface area contributed by atoms with E-state index in [1.54, 1.807) is 37.5 Å². The van der Waals surface area contributed by atoms with Crippen molar-refractivity contribution in [3.05, 3.63) is 104 Å². The van der Waals surface area contributed by atoms with Gasteiger partial charge in [-0.2, -0.15) is 0 Å². The van der Waals surface area contributed by atoms with Crippen LogP contribution in [-0.2, 0) is 32.1 Å². The molecule has 4 N–H and O–H groups in total. The highest BCUT2D eigenvalue weighted by molar-refractivity contribution is 9.10. The van der Waals surface area contributed by atoms with Crippen molar-refractivity contribution >= 4 is 73.7 Å². The monoisotopic (exact) mass is 784 g/mol. The third kappa shape index (κ3) is 10.3. The van der Waals surface area contributed by atoms with Crippen molar-refractivity contribution < 1.29 is 23.9 Å². The molecule has 0 bridgehead atoms. The van der Waals surface area contributed by atoms with Crippen molar-refractivity contribution in [2.75, 3.05) is 46.4 Å². The number of halogens is 3. The fraction of sp³-hybridized carbons (Fsp3) is 0.333. The van der Waals surface area contributed by atoms with E-state index in [0.29, 0.717) is 52.9 Å². The molecule has 50 heavy (non-hydrogen) atoms. The largest absolute Gasteiger partial charge is 0.379 e. The number of nitrogens with one attached hydrogen (secondary N) is 4. The Morgan fingerprint density at radius 1 is 0.940 bits per heavy atom. The molecule has 14 heteroatoms. The number of ether oxygens (including phenoxy) is 1. The molecule has 0 radical (unpaired) electrons. The summed E-state index contributed by atoms with van der Waals surface area (Å²) in [5.41, 5.74) is 2.63. The number of nitrogens with zero attached hydrogens (tertiary/aromatic N) is 2. The van der Waals surface area contributed by atoms with E-state index in [1.165, 1.54) is 4.90 Å². The highest BCUT2D eigenvalue weighted by Gasteiger charge is 2.31. The molecule has 1 saturated heterocycles. The van der Waals surface area contributed by atoms with Crippen LogP contribution in [-0.4, -0.2) is 96.9 Å². The molecule has 3 aromatic carbocycles. The molecule has 4 aromatic rings. The molecular weight excluding hydrogens is 747 g/mol. The molecule has 264 valence electrons. The second-order valence-corrected chi connectivity index (χ2v) is 13.8. The lowest BCUT2D eigenvalue weighted by Gasteiger charge is -2.27. The predicted molar refractivity (Wildman–Crippen MR) is 197 cm³/mol. The number of amides is 4. The van der Waals surface area contributed by atoms with Crippen LogP contribution in [0.25, 0.3) is 10.9 Å². The van der Waals surface area contributed by atoms with Crippen LogP contribution in [0.2, 0.25) is 10.0 Å². The minimum absolute atomic E-state index is 0.0843. The molecule has 0 unspecified atom stereocenters. The first-order valence-electron chi connectivity index (χ1n) is 16.2. The molecule has 11 nitrogen and oxygen atoms in total. The van der Waals surface area contributed by atoms with Gasteiger partial charge in [0.2, 0.25) is 17.7 Å². The highest BCUT2D eigenvalue weighted by atomic mass is 79.9. The fourth-order valence-electron chi connectivity index (χ4n) is 5.72. The third-order valence-electron chi connectivity index (χ3n) is 8.45. The van der Waals surface area contributed by atoms with Gasteiger partial charge in [0, 0.05) is 67.8 Å². The van der Waals surface area contributed by atoms with Gasteiger partial charge in [0.1, 0.15) is 12.1 Å². The topological polar surface area (TPSA) is 136 Å². The molecule has 0 spiro atoms. The molecule has 0 saturated carbocycles. The first-order chi connectivity index (χ1) is 24.1. The number of benzene rings is 3. The number of para-hydroxylation sites is 1. The number of likely N-dealkylation sites (N-methyl/N-ethyl adjacent to an activating group) is 1. The SMILES string of the molecule is CN(Cc1ccc(Br)cc1)C(=O)[C@H](Cc1ccc(Cl)c(Cl)c1)NC(=O)[C@H](CC(=O)NCCN1CCOCC1)NC(=O)c1c[nH]c2ccccc12. The predicted octanol–water partition coefficient (Wildman–Crippen LogP) is 4.56. The van der Waals surface area contributed by atoms with Gasteiger partial charge < -0.3 is 30.6 Å². The van der Waals surface area contributed by atoms with E-state index in [-0.39, 0.29) is 25.3 Å². The van der Waals surface area contributed by atoms with Crippen LogP contribution in [0, 0.1) is 0 Å². The van der Waals surface area contributed by atoms with E-state index >= 15 is 0 Å². The van der Waals surface area contributed by atoms with Crippen LogP contribution in [0.1, 0.15) is 27.9 Å². The minimum Gasteiger partial charge on any atom is -0.379 e. The molecule has 5 rings (SSSR count). The van der Waals surface area contributed by atoms with Crippen molar-refractivity contribution in [1.82, 2.24) is 30.7 Å². The summed E-state index contributed by atoms with van der Waals surface area (Å²) >= 11 is 15.9. The standard InChI is InChI=1S/C36H39BrCl2N6O5/c1-44(22-23-6-9-25(37)10-7-23)36(49)32(19-24-8-11-28(38)29(39)18-24)43-35(48)31(20-33(46)40-12-13-45-14-16-50-17-15-45)42-34(47)27-21-41-30-5-3-2-4-26(27)30/h2-11,18,21,31-32,41H,12-17,19-20,22H2,1H3,(H,40,46)(H,42,47)(H,43,48)/t31-,32-/m0/s1. The Labute approximate surface area is 309 Å². The van der Waals surface area contributed by atoms with Gasteiger partial charge in [0.05, 0.1) is 35.2 Å². The van der Waals surface area contributed by atoms with Gasteiger partial charge in [0.15, 0.2) is 0 Å². The molecule has 1 aromatic heterocycles. The van der Waals surface area contributed by atoms with Crippen LogP contribution in [0.15, 0.2) is 77.4 Å². The van der Waals surface area contributed by atoms with Gasteiger partial charge in [-0.1, -0.05) is 75.5 Å². The lowest BCUT2D eigenvalue weighted by atomic mass is 10.0. The Hall–Kier alpha value is -3.94. The summed E-state index contributed by atoms with van der Waals surface area (Å²) in [6.45, 7) is 4.08. The smallest absolute Gasteiger partial charge is 0.254 e. The fourth-order valence-corrected chi connectivity index (χ4v) is 6.31. The number of hydrogen-bond donors (Lipinski definition) is 4. The summed E-state index contributed by atoms with van der Waals surface area (Å²) in [7, 11) is 1.65. The van der Waals surface area contributed by atoms with E-state index in [2.05, 4.69) is 41.8 Å². The summed E-state index contributed by atoms with van der Waals surface area (Å²) in [4.78, 5) is 61.6. The van der Waals surface area contributed by atoms with Crippen molar-refractivity contribution in [3.63, 3.8) is 0 Å². The molecular formula is C36H39BrCl2N6O5. The number of aromatic amines is 1. The second kappa shape index (κ2) is 17.8. The van der Waals surface area contributed by atoms with Gasteiger partial charge in [-0.3, -0.25) is 24.1 Å². The average Bonchev–Trinajstić information content (AvgIpc) is 3.55. The quantitative estimate of drug-likeness (QED) is 0.148. The van der Waals surface area contributed by atoms with Crippen LogP contribution >= 0.6 is 39.1 Å². The number of H-pyrrole nitrogens is 1. The van der Waals surface area contributed by atoms with E-state index in [4.69, 9.17) is 27.9 Å². The van der Waals surface area contributed by atoms with E-state index in [9.17, 15) is 19.2 Å². The third-order valence-corrected chi connectivity index (χ3v) is 9.71. The van der Waals surface area contributed by atoms with Gasteiger partial charge in [-0.05, 0) is 41.5 Å². The van der Waals surface area contributed by atoms with Crippen LogP contribution in [0.3, 0.4) is 0 Å². The molecule has 0 aliphatic carbocycles. The van der Waals surface area contributed by atoms with Crippen LogP contribution in [0.4, 0.5) is 0 Å². The summed E-state index contributed by atoms with van der Waals surface area (Å²) in [5.74, 6) is -2.01. The van der Waals surface area contributed by atoms with Gasteiger partial charge in [-0.25, -0.2) is 0 Å². The second-order valence-electron chi connectivity index (χ2n) is 12.1. The number of carbonyl (C=O) groups excluding carboxylic acids is 4. The number of rotatable bonds is 14. The first kappa shape index (κ1) is 37.3. The Kier molecular flexibility index (Phi) is 13.3. The molecule has 2 heterocycles. The average molecular weight is 787 g/mol. The normalized spacial score (nSPS) is 14.5. The molecule has 2 atom stereocenters. The zero-order valence-electron chi connectivity index (χ0n) is 27.5. The maximum atomic E-state index is 14.1. The van der Waals surface area contributed by atoms with Crippen molar-refractivity contribution in [2.45, 2.75) is 31.5 Å². The lowest BCUT2D eigenvalue weighted by molar-refractivity contribution is -0.136. The maximum absolute atomic E-state index is 14.1. The Bertz CT molecular complexity index is 1810. The van der Waals surface area contributed by atoms with E-state index in [1.807, 2.05) is 42.5 Å². The summed E-state index contributed by atoms with van der Waals surface area (Å²) in [6, 6.07) is 17.5. The zero-order valence-corrected chi connectivity index (χ0v) is 30.6. The van der Waals surface area contributed by atoms with E-state index < -0.39 is 29.8 Å². The Morgan fingerprint density at radius 3 is 2.40 bits per heavy atom. The molecule has 1 fully saturated rings. The maximum Gasteiger partial charge on any atom is 0.254 e. The lowest BCUT2D eigenvalue weighted by Crippen LogP contribution is -2.55. The summed E-state index contributed by atoms with van der Waals surface area (Å²) in [6.07, 6.45) is 1.30. The molecule has 1 aliphatic heterocycles. The van der Waals surface area contributed by atoms with Crippen molar-refractivity contribution in [2.24, 2.45) is 0 Å². The number of morpholine rings is 1. The summed E-state index contributed by atoms with van der Waals surface area (Å²) < 4.78 is 6.30. The number of carbonyl (C=O) groups is 4. The zero-order chi connectivity index (χ0) is 35.6. The highest BCUT2D eigenvalue weighted by Crippen LogP contribution is 2.24.